The van der Waals surface area contributed by atoms with Crippen molar-refractivity contribution >= 4 is 21.6 Å². The predicted molar refractivity (Wildman–Crippen MR) is 81.7 cm³/mol. The molecular weight excluding hydrogens is 322 g/mol. The van der Waals surface area contributed by atoms with E-state index in [9.17, 15) is 10.1 Å². The number of benzene rings is 1. The molecule has 20 heavy (non-hydrogen) atoms. The SMILES string of the molecule is CC(N)Cc1cccn1Cc1ccc([N+](=O)[O-])cc1Br. The second-order valence-electron chi connectivity index (χ2n) is 4.84. The minimum Gasteiger partial charge on any atom is -0.347 e. The fourth-order valence-corrected chi connectivity index (χ4v) is 2.57. The van der Waals surface area contributed by atoms with Gasteiger partial charge < -0.3 is 10.3 Å². The number of nitro groups is 1. The van der Waals surface area contributed by atoms with Gasteiger partial charge in [0.1, 0.15) is 0 Å². The third-order valence-electron chi connectivity index (χ3n) is 3.04. The third-order valence-corrected chi connectivity index (χ3v) is 3.78. The largest absolute Gasteiger partial charge is 0.347 e. The average molecular weight is 338 g/mol. The summed E-state index contributed by atoms with van der Waals surface area (Å²) in [6.07, 6.45) is 2.79. The standard InChI is InChI=1S/C14H16BrN3O2/c1-10(16)7-12-3-2-6-17(12)9-11-4-5-13(18(19)20)8-14(11)15/h2-6,8,10H,7,9,16H2,1H3. The van der Waals surface area contributed by atoms with Crippen LogP contribution >= 0.6 is 15.9 Å². The summed E-state index contributed by atoms with van der Waals surface area (Å²) < 4.78 is 2.85. The first-order valence-electron chi connectivity index (χ1n) is 6.30. The first-order valence-corrected chi connectivity index (χ1v) is 7.09. The van der Waals surface area contributed by atoms with Crippen LogP contribution in [0.3, 0.4) is 0 Å². The van der Waals surface area contributed by atoms with Crippen LogP contribution in [0.15, 0.2) is 41.0 Å². The molecule has 106 valence electrons. The summed E-state index contributed by atoms with van der Waals surface area (Å²) in [5, 5.41) is 10.7. The molecule has 0 spiro atoms. The van der Waals surface area contributed by atoms with Crippen molar-refractivity contribution < 1.29 is 4.92 Å². The van der Waals surface area contributed by atoms with Gasteiger partial charge in [0.2, 0.25) is 0 Å². The van der Waals surface area contributed by atoms with Crippen molar-refractivity contribution in [3.8, 4) is 0 Å². The van der Waals surface area contributed by atoms with Gasteiger partial charge in [-0.25, -0.2) is 0 Å². The highest BCUT2D eigenvalue weighted by atomic mass is 79.9. The normalized spacial score (nSPS) is 12.3. The Hall–Kier alpha value is -1.66. The van der Waals surface area contributed by atoms with Gasteiger partial charge in [0.15, 0.2) is 0 Å². The zero-order valence-corrected chi connectivity index (χ0v) is 12.7. The van der Waals surface area contributed by atoms with E-state index >= 15 is 0 Å². The van der Waals surface area contributed by atoms with Crippen LogP contribution < -0.4 is 5.73 Å². The van der Waals surface area contributed by atoms with Gasteiger partial charge in [-0.05, 0) is 30.7 Å². The molecule has 5 nitrogen and oxygen atoms in total. The Morgan fingerprint density at radius 2 is 2.20 bits per heavy atom. The van der Waals surface area contributed by atoms with E-state index in [1.165, 1.54) is 12.1 Å². The van der Waals surface area contributed by atoms with E-state index in [-0.39, 0.29) is 11.7 Å². The van der Waals surface area contributed by atoms with Gasteiger partial charge >= 0.3 is 0 Å². The molecule has 1 unspecified atom stereocenters. The van der Waals surface area contributed by atoms with Crippen molar-refractivity contribution in [2.75, 3.05) is 0 Å². The maximum atomic E-state index is 10.7. The summed E-state index contributed by atoms with van der Waals surface area (Å²) in [4.78, 5) is 10.3. The number of aromatic nitrogens is 1. The van der Waals surface area contributed by atoms with Crippen molar-refractivity contribution in [2.45, 2.75) is 25.9 Å². The predicted octanol–water partition coefficient (Wildman–Crippen LogP) is 3.10. The molecule has 0 fully saturated rings. The van der Waals surface area contributed by atoms with Crippen molar-refractivity contribution in [1.29, 1.82) is 0 Å². The highest BCUT2D eigenvalue weighted by molar-refractivity contribution is 9.10. The first kappa shape index (κ1) is 14.7. The molecule has 0 saturated heterocycles. The number of rotatable bonds is 5. The Morgan fingerprint density at radius 1 is 1.45 bits per heavy atom. The molecule has 2 aromatic rings. The number of nitro benzene ring substituents is 1. The van der Waals surface area contributed by atoms with Crippen LogP contribution in [-0.4, -0.2) is 15.5 Å². The number of nitrogens with two attached hydrogens (primary N) is 1. The van der Waals surface area contributed by atoms with E-state index in [0.717, 1.165) is 22.2 Å². The van der Waals surface area contributed by atoms with Gasteiger partial charge in [0.25, 0.3) is 5.69 Å². The first-order chi connectivity index (χ1) is 9.47. The van der Waals surface area contributed by atoms with Crippen molar-refractivity contribution in [1.82, 2.24) is 4.57 Å². The number of nitrogens with zero attached hydrogens (tertiary/aromatic N) is 2. The van der Waals surface area contributed by atoms with Crippen molar-refractivity contribution in [3.63, 3.8) is 0 Å². The van der Waals surface area contributed by atoms with E-state index in [4.69, 9.17) is 5.73 Å². The van der Waals surface area contributed by atoms with Gasteiger partial charge in [-0.2, -0.15) is 0 Å². The quantitative estimate of drug-likeness (QED) is 0.672. The fraction of sp³-hybridized carbons (Fsp3) is 0.286. The van der Waals surface area contributed by atoms with E-state index < -0.39 is 4.92 Å². The Kier molecular flexibility index (Phi) is 4.57. The van der Waals surface area contributed by atoms with Crippen LogP contribution in [0.2, 0.25) is 0 Å². The smallest absolute Gasteiger partial charge is 0.270 e. The molecule has 6 heteroatoms. The molecule has 0 radical (unpaired) electrons. The second kappa shape index (κ2) is 6.19. The van der Waals surface area contributed by atoms with Gasteiger partial charge in [-0.3, -0.25) is 10.1 Å². The summed E-state index contributed by atoms with van der Waals surface area (Å²) in [6.45, 7) is 2.63. The molecule has 2 N–H and O–H groups in total. The second-order valence-corrected chi connectivity index (χ2v) is 5.70. The van der Waals surface area contributed by atoms with Crippen LogP contribution in [0.1, 0.15) is 18.2 Å². The van der Waals surface area contributed by atoms with Crippen LogP contribution in [0, 0.1) is 10.1 Å². The molecule has 0 aliphatic heterocycles. The zero-order valence-electron chi connectivity index (χ0n) is 11.1. The molecule has 1 aromatic carbocycles. The molecule has 1 atom stereocenters. The lowest BCUT2D eigenvalue weighted by Crippen LogP contribution is -2.20. The van der Waals surface area contributed by atoms with Gasteiger partial charge in [0.05, 0.1) is 4.92 Å². The monoisotopic (exact) mass is 337 g/mol. The summed E-state index contributed by atoms with van der Waals surface area (Å²) >= 11 is 3.39. The van der Waals surface area contributed by atoms with Crippen LogP contribution in [0.25, 0.3) is 0 Å². The molecule has 0 saturated carbocycles. The van der Waals surface area contributed by atoms with Crippen LogP contribution in [0.4, 0.5) is 5.69 Å². The van der Waals surface area contributed by atoms with Gasteiger partial charge in [0, 0.05) is 47.5 Å². The highest BCUT2D eigenvalue weighted by Crippen LogP contribution is 2.24. The van der Waals surface area contributed by atoms with Crippen LogP contribution in [-0.2, 0) is 13.0 Å². The molecule has 0 bridgehead atoms. The maximum Gasteiger partial charge on any atom is 0.270 e. The molecule has 2 rings (SSSR count). The minimum atomic E-state index is -0.397. The lowest BCUT2D eigenvalue weighted by atomic mass is 10.1. The maximum absolute atomic E-state index is 10.7. The summed E-state index contributed by atoms with van der Waals surface area (Å²) in [7, 11) is 0. The molecule has 0 aliphatic carbocycles. The molecular formula is C14H16BrN3O2. The Morgan fingerprint density at radius 3 is 2.80 bits per heavy atom. The Labute approximate surface area is 125 Å². The van der Waals surface area contributed by atoms with Crippen molar-refractivity contribution in [3.05, 3.63) is 62.4 Å². The third kappa shape index (κ3) is 3.46. The number of halogens is 1. The summed E-state index contributed by atoms with van der Waals surface area (Å²) in [5.41, 5.74) is 8.07. The average Bonchev–Trinajstić information content (AvgIpc) is 2.78. The highest BCUT2D eigenvalue weighted by Gasteiger charge is 2.11. The minimum absolute atomic E-state index is 0.0870. The Bertz CT molecular complexity index is 623. The van der Waals surface area contributed by atoms with Crippen molar-refractivity contribution in [2.24, 2.45) is 5.73 Å². The van der Waals surface area contributed by atoms with Gasteiger partial charge in [-0.1, -0.05) is 15.9 Å². The topological polar surface area (TPSA) is 74.1 Å². The van der Waals surface area contributed by atoms with Crippen LogP contribution in [0.5, 0.6) is 0 Å². The molecule has 1 aromatic heterocycles. The van der Waals surface area contributed by atoms with E-state index in [0.29, 0.717) is 6.54 Å². The van der Waals surface area contributed by atoms with E-state index in [1.807, 2.05) is 25.3 Å². The zero-order chi connectivity index (χ0) is 14.7. The molecule has 0 amide bonds. The Balaban J connectivity index is 2.22. The lowest BCUT2D eigenvalue weighted by Gasteiger charge is -2.12. The van der Waals surface area contributed by atoms with Gasteiger partial charge in [-0.15, -0.1) is 0 Å². The number of hydrogen-bond donors (Lipinski definition) is 1. The lowest BCUT2D eigenvalue weighted by molar-refractivity contribution is -0.384. The summed E-state index contributed by atoms with van der Waals surface area (Å²) in [6, 6.07) is 8.96. The molecule has 1 heterocycles. The summed E-state index contributed by atoms with van der Waals surface area (Å²) in [5.74, 6) is 0. The van der Waals surface area contributed by atoms with E-state index in [1.54, 1.807) is 6.07 Å². The van der Waals surface area contributed by atoms with E-state index in [2.05, 4.69) is 20.5 Å². The fourth-order valence-electron chi connectivity index (χ4n) is 2.08. The number of hydrogen-bond acceptors (Lipinski definition) is 3. The number of non-ortho nitro benzene ring substituents is 1. The molecule has 0 aliphatic rings.